The Morgan fingerprint density at radius 3 is 2.29 bits per heavy atom. The van der Waals surface area contributed by atoms with Gasteiger partial charge in [0.1, 0.15) is 5.75 Å². The predicted molar refractivity (Wildman–Crippen MR) is 81.4 cm³/mol. The molecule has 0 aromatic heterocycles. The second-order valence-electron chi connectivity index (χ2n) is 4.52. The molecule has 0 unspecified atom stereocenters. The molecule has 0 saturated carbocycles. The van der Waals surface area contributed by atoms with Crippen LogP contribution in [0.4, 0.5) is 0 Å². The molecular weight excluding hydrogens is 316 g/mol. The van der Waals surface area contributed by atoms with Gasteiger partial charge in [0, 0.05) is 10.7 Å². The predicted octanol–water partition coefficient (Wildman–Crippen LogP) is 2.98. The summed E-state index contributed by atoms with van der Waals surface area (Å²) >= 11 is 0. The highest BCUT2D eigenvalue weighted by atomic mass is 35.7. The molecule has 0 aliphatic rings. The van der Waals surface area contributed by atoms with E-state index < -0.39 is 9.05 Å². The highest BCUT2D eigenvalue weighted by Crippen LogP contribution is 2.14. The van der Waals surface area contributed by atoms with E-state index in [1.165, 1.54) is 7.11 Å². The molecule has 1 aromatic rings. The molecule has 0 spiro atoms. The molecular formula is C14H19ClO5S. The molecule has 0 aliphatic carbocycles. The van der Waals surface area contributed by atoms with Crippen LogP contribution in [0, 0.1) is 0 Å². The van der Waals surface area contributed by atoms with E-state index in [9.17, 15) is 13.2 Å². The number of hydrogen-bond donors (Lipinski definition) is 0. The van der Waals surface area contributed by atoms with Crippen molar-refractivity contribution in [2.45, 2.75) is 25.7 Å². The molecule has 0 aliphatic heterocycles. The van der Waals surface area contributed by atoms with Gasteiger partial charge in [-0.2, -0.15) is 0 Å². The number of carbonyl (C=O) groups is 1. The quantitative estimate of drug-likeness (QED) is 0.394. The molecule has 21 heavy (non-hydrogen) atoms. The molecule has 5 nitrogen and oxygen atoms in total. The van der Waals surface area contributed by atoms with Crippen LogP contribution in [0.5, 0.6) is 5.75 Å². The monoisotopic (exact) mass is 334 g/mol. The average Bonchev–Trinajstić information content (AvgIpc) is 2.45. The Bertz CT molecular complexity index is 539. The Morgan fingerprint density at radius 2 is 1.71 bits per heavy atom. The van der Waals surface area contributed by atoms with Crippen molar-refractivity contribution in [3.63, 3.8) is 0 Å². The highest BCUT2D eigenvalue weighted by Gasteiger charge is 2.05. The molecule has 1 rings (SSSR count). The van der Waals surface area contributed by atoms with Crippen molar-refractivity contribution >= 4 is 25.7 Å². The van der Waals surface area contributed by atoms with Crippen LogP contribution < -0.4 is 4.74 Å². The van der Waals surface area contributed by atoms with Crippen LogP contribution in [-0.4, -0.2) is 33.9 Å². The minimum atomic E-state index is -3.37. The van der Waals surface area contributed by atoms with Crippen molar-refractivity contribution in [2.24, 2.45) is 0 Å². The third-order valence-electron chi connectivity index (χ3n) is 2.83. The van der Waals surface area contributed by atoms with E-state index in [2.05, 4.69) is 4.74 Å². The number of ether oxygens (including phenoxy) is 2. The maximum atomic E-state index is 11.2. The van der Waals surface area contributed by atoms with E-state index in [1.807, 2.05) is 0 Å². The third kappa shape index (κ3) is 7.92. The van der Waals surface area contributed by atoms with Gasteiger partial charge in [0.25, 0.3) is 0 Å². The summed E-state index contributed by atoms with van der Waals surface area (Å²) in [6.45, 7) is 0.547. The molecule has 0 atom stereocenters. The van der Waals surface area contributed by atoms with E-state index >= 15 is 0 Å². The van der Waals surface area contributed by atoms with Crippen LogP contribution in [-0.2, 0) is 13.8 Å². The van der Waals surface area contributed by atoms with Crippen LogP contribution in [0.25, 0.3) is 0 Å². The normalized spacial score (nSPS) is 11.1. The summed E-state index contributed by atoms with van der Waals surface area (Å²) in [5, 5.41) is 0. The minimum absolute atomic E-state index is 0.0183. The zero-order valence-electron chi connectivity index (χ0n) is 11.9. The lowest BCUT2D eigenvalue weighted by molar-refractivity contribution is 0.0600. The fraction of sp³-hybridized carbons (Fsp3) is 0.500. The summed E-state index contributed by atoms with van der Waals surface area (Å²) in [5.41, 5.74) is 0.479. The first-order valence-corrected chi connectivity index (χ1v) is 9.14. The van der Waals surface area contributed by atoms with Crippen molar-refractivity contribution in [3.8, 4) is 5.75 Å². The molecule has 118 valence electrons. The zero-order valence-corrected chi connectivity index (χ0v) is 13.5. The van der Waals surface area contributed by atoms with Crippen LogP contribution in [0.15, 0.2) is 24.3 Å². The van der Waals surface area contributed by atoms with Crippen LogP contribution in [0.2, 0.25) is 0 Å². The Balaban J connectivity index is 2.17. The fourth-order valence-corrected chi connectivity index (χ4v) is 2.60. The largest absolute Gasteiger partial charge is 0.494 e. The summed E-state index contributed by atoms with van der Waals surface area (Å²) in [6, 6.07) is 6.72. The Kier molecular flexibility index (Phi) is 7.53. The smallest absolute Gasteiger partial charge is 0.337 e. The fourth-order valence-electron chi connectivity index (χ4n) is 1.73. The number of rotatable bonds is 9. The van der Waals surface area contributed by atoms with Crippen LogP contribution in [0.1, 0.15) is 36.0 Å². The maximum Gasteiger partial charge on any atom is 0.337 e. The molecule has 1 aromatic carbocycles. The lowest BCUT2D eigenvalue weighted by atomic mass is 10.2. The molecule has 0 heterocycles. The van der Waals surface area contributed by atoms with Gasteiger partial charge in [0.05, 0.1) is 25.0 Å². The molecule has 0 fully saturated rings. The topological polar surface area (TPSA) is 69.7 Å². The number of unbranched alkanes of at least 4 members (excludes halogenated alkanes) is 3. The van der Waals surface area contributed by atoms with Crippen molar-refractivity contribution in [3.05, 3.63) is 29.8 Å². The lowest BCUT2D eigenvalue weighted by Gasteiger charge is -2.06. The number of esters is 1. The maximum absolute atomic E-state index is 11.2. The Labute approximate surface area is 129 Å². The average molecular weight is 335 g/mol. The van der Waals surface area contributed by atoms with Gasteiger partial charge in [-0.05, 0) is 37.1 Å². The van der Waals surface area contributed by atoms with Crippen molar-refractivity contribution in [1.82, 2.24) is 0 Å². The van der Waals surface area contributed by atoms with Crippen molar-refractivity contribution in [2.75, 3.05) is 19.5 Å². The summed E-state index contributed by atoms with van der Waals surface area (Å²) in [7, 11) is 3.08. The van der Waals surface area contributed by atoms with Gasteiger partial charge in [-0.1, -0.05) is 12.8 Å². The highest BCUT2D eigenvalue weighted by molar-refractivity contribution is 8.13. The zero-order chi connectivity index (χ0) is 15.7. The summed E-state index contributed by atoms with van der Waals surface area (Å²) in [4.78, 5) is 11.2. The van der Waals surface area contributed by atoms with Crippen molar-refractivity contribution < 1.29 is 22.7 Å². The second kappa shape index (κ2) is 8.89. The number of halogens is 1. The van der Waals surface area contributed by atoms with E-state index in [-0.39, 0.29) is 11.7 Å². The van der Waals surface area contributed by atoms with E-state index in [1.54, 1.807) is 24.3 Å². The van der Waals surface area contributed by atoms with Gasteiger partial charge in [0.2, 0.25) is 9.05 Å². The molecule has 7 heteroatoms. The molecule has 0 bridgehead atoms. The third-order valence-corrected chi connectivity index (χ3v) is 4.07. The standard InChI is InChI=1S/C14H19ClO5S/c1-19-14(16)12-6-8-13(9-7-12)20-10-4-2-3-5-11-21(15,17)18/h6-9H,2-5,10-11H2,1H3. The number of methoxy groups -OCH3 is 1. The first-order chi connectivity index (χ1) is 9.92. The summed E-state index contributed by atoms with van der Waals surface area (Å²) in [5.74, 6) is 0.325. The van der Waals surface area contributed by atoms with Crippen molar-refractivity contribution in [1.29, 1.82) is 0 Å². The van der Waals surface area contributed by atoms with Gasteiger partial charge < -0.3 is 9.47 Å². The van der Waals surface area contributed by atoms with Crippen LogP contribution >= 0.6 is 10.7 Å². The van der Waals surface area contributed by atoms with Gasteiger partial charge in [-0.15, -0.1) is 0 Å². The number of benzene rings is 1. The minimum Gasteiger partial charge on any atom is -0.494 e. The Morgan fingerprint density at radius 1 is 1.10 bits per heavy atom. The molecule has 0 N–H and O–H groups in total. The van der Waals surface area contributed by atoms with E-state index in [0.29, 0.717) is 24.3 Å². The SMILES string of the molecule is COC(=O)c1ccc(OCCCCCCS(=O)(=O)Cl)cc1. The van der Waals surface area contributed by atoms with E-state index in [0.717, 1.165) is 19.3 Å². The van der Waals surface area contributed by atoms with Crippen LogP contribution in [0.3, 0.4) is 0 Å². The van der Waals surface area contributed by atoms with Gasteiger partial charge in [0.15, 0.2) is 0 Å². The Hall–Kier alpha value is -1.27. The second-order valence-corrected chi connectivity index (χ2v) is 7.42. The van der Waals surface area contributed by atoms with Gasteiger partial charge >= 0.3 is 5.97 Å². The number of carbonyl (C=O) groups excluding carboxylic acids is 1. The molecule has 0 saturated heterocycles. The first-order valence-electron chi connectivity index (χ1n) is 6.66. The first kappa shape index (κ1) is 17.8. The van der Waals surface area contributed by atoms with E-state index in [4.69, 9.17) is 15.4 Å². The summed E-state index contributed by atoms with van der Waals surface area (Å²) < 4.78 is 31.5. The molecule has 0 radical (unpaired) electrons. The summed E-state index contributed by atoms with van der Waals surface area (Å²) in [6.07, 6.45) is 3.09. The van der Waals surface area contributed by atoms with Gasteiger partial charge in [-0.25, -0.2) is 13.2 Å². The molecule has 0 amide bonds. The van der Waals surface area contributed by atoms with Gasteiger partial charge in [-0.3, -0.25) is 0 Å². The lowest BCUT2D eigenvalue weighted by Crippen LogP contribution is -2.02. The number of hydrogen-bond acceptors (Lipinski definition) is 5.